The van der Waals surface area contributed by atoms with E-state index >= 15 is 0 Å². The van der Waals surface area contributed by atoms with E-state index in [1.807, 2.05) is 7.05 Å². The van der Waals surface area contributed by atoms with E-state index in [4.69, 9.17) is 10.8 Å². The second-order valence-electron chi connectivity index (χ2n) is 5.04. The molecule has 0 heterocycles. The summed E-state index contributed by atoms with van der Waals surface area (Å²) in [5.74, 6) is -0.837. The molecule has 0 fully saturated rings. The van der Waals surface area contributed by atoms with Gasteiger partial charge in [0.2, 0.25) is 0 Å². The van der Waals surface area contributed by atoms with Crippen LogP contribution in [0.25, 0.3) is 0 Å². The maximum atomic E-state index is 10.5. The molecule has 0 aromatic heterocycles. The zero-order valence-corrected chi connectivity index (χ0v) is 11.8. The number of aliphatic carboxylic acids is 1. The van der Waals surface area contributed by atoms with Gasteiger partial charge in [-0.25, -0.2) is 0 Å². The van der Waals surface area contributed by atoms with Crippen molar-refractivity contribution in [1.29, 1.82) is 0 Å². The summed E-state index contributed by atoms with van der Waals surface area (Å²) in [5.41, 5.74) is 8.41. The van der Waals surface area contributed by atoms with Crippen LogP contribution in [0.4, 0.5) is 0 Å². The van der Waals surface area contributed by atoms with Crippen LogP contribution in [0, 0.1) is 0 Å². The van der Waals surface area contributed by atoms with Gasteiger partial charge in [-0.1, -0.05) is 31.2 Å². The summed E-state index contributed by atoms with van der Waals surface area (Å²) in [4.78, 5) is 12.6. The Hall–Kier alpha value is -1.39. The maximum Gasteiger partial charge on any atom is 0.304 e. The Morgan fingerprint density at radius 3 is 2.42 bits per heavy atom. The molecule has 0 aliphatic carbocycles. The highest BCUT2D eigenvalue weighted by molar-refractivity contribution is 5.67. The van der Waals surface area contributed by atoms with Crippen LogP contribution in [0.1, 0.15) is 24.5 Å². The number of carboxylic acids is 1. The van der Waals surface area contributed by atoms with E-state index in [1.54, 1.807) is 0 Å². The van der Waals surface area contributed by atoms with Crippen molar-refractivity contribution in [3.05, 3.63) is 35.4 Å². The predicted octanol–water partition coefficient (Wildman–Crippen LogP) is 1.53. The molecule has 0 saturated heterocycles. The van der Waals surface area contributed by atoms with Gasteiger partial charge >= 0.3 is 5.97 Å². The van der Waals surface area contributed by atoms with Gasteiger partial charge in [0.15, 0.2) is 0 Å². The molecule has 0 bridgehead atoms. The van der Waals surface area contributed by atoms with Crippen molar-refractivity contribution in [2.75, 3.05) is 20.1 Å². The topological polar surface area (TPSA) is 66.6 Å². The van der Waals surface area contributed by atoms with Crippen molar-refractivity contribution in [2.24, 2.45) is 5.73 Å². The minimum Gasteiger partial charge on any atom is -0.481 e. The van der Waals surface area contributed by atoms with Crippen molar-refractivity contribution in [3.8, 4) is 0 Å². The van der Waals surface area contributed by atoms with Crippen molar-refractivity contribution in [1.82, 2.24) is 4.90 Å². The van der Waals surface area contributed by atoms with E-state index in [0.29, 0.717) is 6.54 Å². The highest BCUT2D eigenvalue weighted by Crippen LogP contribution is 2.06. The molecule has 0 saturated carbocycles. The Labute approximate surface area is 115 Å². The lowest BCUT2D eigenvalue weighted by atomic mass is 10.1. The van der Waals surface area contributed by atoms with Crippen LogP contribution in [0.2, 0.25) is 0 Å². The van der Waals surface area contributed by atoms with Gasteiger partial charge in [-0.2, -0.15) is 0 Å². The highest BCUT2D eigenvalue weighted by atomic mass is 16.4. The number of carboxylic acid groups (broad SMARTS) is 1. The number of benzene rings is 1. The fourth-order valence-electron chi connectivity index (χ4n) is 2.04. The summed E-state index contributed by atoms with van der Waals surface area (Å²) < 4.78 is 0. The van der Waals surface area contributed by atoms with E-state index in [1.165, 1.54) is 11.1 Å². The highest BCUT2D eigenvalue weighted by Gasteiger charge is 2.10. The van der Waals surface area contributed by atoms with Gasteiger partial charge in [0.05, 0.1) is 6.42 Å². The summed E-state index contributed by atoms with van der Waals surface area (Å²) in [6, 6.07) is 8.33. The molecule has 1 unspecified atom stereocenters. The Bertz CT molecular complexity index is 390. The number of nitrogens with two attached hydrogens (primary N) is 1. The quantitative estimate of drug-likeness (QED) is 0.747. The number of aryl methyl sites for hydroxylation is 1. The van der Waals surface area contributed by atoms with Gasteiger partial charge < -0.3 is 15.7 Å². The number of rotatable bonds is 8. The molecule has 0 amide bonds. The minimum atomic E-state index is -0.837. The third kappa shape index (κ3) is 6.36. The van der Waals surface area contributed by atoms with Gasteiger partial charge in [0.1, 0.15) is 0 Å². The molecule has 1 atom stereocenters. The molecule has 0 spiro atoms. The van der Waals surface area contributed by atoms with Gasteiger partial charge in [-0.05, 0) is 31.0 Å². The van der Waals surface area contributed by atoms with Gasteiger partial charge in [0, 0.05) is 19.1 Å². The number of carbonyl (C=O) groups is 1. The molecular formula is C15H24N2O2. The van der Waals surface area contributed by atoms with Crippen molar-refractivity contribution < 1.29 is 9.90 Å². The maximum absolute atomic E-state index is 10.5. The van der Waals surface area contributed by atoms with Gasteiger partial charge in [-0.15, -0.1) is 0 Å². The molecular weight excluding hydrogens is 240 g/mol. The Kier molecular flexibility index (Phi) is 6.53. The lowest BCUT2D eigenvalue weighted by Gasteiger charge is -2.20. The van der Waals surface area contributed by atoms with Crippen LogP contribution < -0.4 is 5.73 Å². The van der Waals surface area contributed by atoms with Crippen LogP contribution in [-0.4, -0.2) is 42.2 Å². The molecule has 0 aliphatic heterocycles. The number of hydrogen-bond acceptors (Lipinski definition) is 3. The SMILES string of the molecule is CCc1ccc(CCN(C)CC(N)CC(=O)O)cc1. The Morgan fingerprint density at radius 1 is 1.32 bits per heavy atom. The normalized spacial score (nSPS) is 12.6. The van der Waals surface area contributed by atoms with Gasteiger partial charge in [0.25, 0.3) is 0 Å². The predicted molar refractivity (Wildman–Crippen MR) is 77.2 cm³/mol. The number of hydrogen-bond donors (Lipinski definition) is 2. The summed E-state index contributed by atoms with van der Waals surface area (Å²) in [7, 11) is 1.97. The first-order valence-corrected chi connectivity index (χ1v) is 6.75. The second kappa shape index (κ2) is 7.92. The zero-order chi connectivity index (χ0) is 14.3. The first-order chi connectivity index (χ1) is 9.01. The third-order valence-electron chi connectivity index (χ3n) is 3.20. The summed E-state index contributed by atoms with van der Waals surface area (Å²) in [5, 5.41) is 8.66. The van der Waals surface area contributed by atoms with E-state index in [2.05, 4.69) is 36.1 Å². The second-order valence-corrected chi connectivity index (χ2v) is 5.04. The van der Waals surface area contributed by atoms with Gasteiger partial charge in [-0.3, -0.25) is 4.79 Å². The van der Waals surface area contributed by atoms with Crippen LogP contribution in [0.3, 0.4) is 0 Å². The smallest absolute Gasteiger partial charge is 0.304 e. The lowest BCUT2D eigenvalue weighted by molar-refractivity contribution is -0.137. The molecule has 106 valence electrons. The minimum absolute atomic E-state index is 0.0234. The Morgan fingerprint density at radius 2 is 1.89 bits per heavy atom. The van der Waals surface area contributed by atoms with Crippen LogP contribution in [0.15, 0.2) is 24.3 Å². The first-order valence-electron chi connectivity index (χ1n) is 6.75. The fraction of sp³-hybridized carbons (Fsp3) is 0.533. The third-order valence-corrected chi connectivity index (χ3v) is 3.20. The average Bonchev–Trinajstić information content (AvgIpc) is 2.36. The summed E-state index contributed by atoms with van der Waals surface area (Å²) in [6.07, 6.45) is 2.04. The fourth-order valence-corrected chi connectivity index (χ4v) is 2.04. The zero-order valence-electron chi connectivity index (χ0n) is 11.8. The average molecular weight is 264 g/mol. The molecule has 1 aromatic carbocycles. The van der Waals surface area contributed by atoms with Crippen molar-refractivity contribution >= 4 is 5.97 Å². The van der Waals surface area contributed by atoms with E-state index in [0.717, 1.165) is 19.4 Å². The first kappa shape index (κ1) is 15.7. The van der Waals surface area contributed by atoms with Crippen molar-refractivity contribution in [2.45, 2.75) is 32.2 Å². The molecule has 19 heavy (non-hydrogen) atoms. The standard InChI is InChI=1S/C15H24N2O2/c1-3-12-4-6-13(7-5-12)8-9-17(2)11-14(16)10-15(18)19/h4-7,14H,3,8-11,16H2,1-2H3,(H,18,19). The summed E-state index contributed by atoms with van der Waals surface area (Å²) in [6.45, 7) is 3.64. The lowest BCUT2D eigenvalue weighted by Crippen LogP contribution is -2.37. The molecule has 3 N–H and O–H groups in total. The molecule has 1 aromatic rings. The Balaban J connectivity index is 2.32. The van der Waals surface area contributed by atoms with E-state index in [-0.39, 0.29) is 12.5 Å². The van der Waals surface area contributed by atoms with Crippen LogP contribution in [0.5, 0.6) is 0 Å². The molecule has 4 nitrogen and oxygen atoms in total. The molecule has 4 heteroatoms. The van der Waals surface area contributed by atoms with E-state index < -0.39 is 5.97 Å². The van der Waals surface area contributed by atoms with Crippen LogP contribution >= 0.6 is 0 Å². The molecule has 0 aliphatic rings. The number of likely N-dealkylation sites (N-methyl/N-ethyl adjacent to an activating group) is 1. The molecule has 0 radical (unpaired) electrons. The monoisotopic (exact) mass is 264 g/mol. The van der Waals surface area contributed by atoms with E-state index in [9.17, 15) is 4.79 Å². The van der Waals surface area contributed by atoms with Crippen molar-refractivity contribution in [3.63, 3.8) is 0 Å². The van der Waals surface area contributed by atoms with Crippen LogP contribution in [-0.2, 0) is 17.6 Å². The largest absolute Gasteiger partial charge is 0.481 e. The number of nitrogens with zero attached hydrogens (tertiary/aromatic N) is 1. The summed E-state index contributed by atoms with van der Waals surface area (Å²) >= 11 is 0. The molecule has 1 rings (SSSR count).